The van der Waals surface area contributed by atoms with Crippen LogP contribution in [0.5, 0.6) is 0 Å². The summed E-state index contributed by atoms with van der Waals surface area (Å²) < 4.78 is 1.60. The van der Waals surface area contributed by atoms with Crippen molar-refractivity contribution in [2.24, 2.45) is 0 Å². The van der Waals surface area contributed by atoms with Crippen LogP contribution in [0.4, 0.5) is 5.95 Å². The molecule has 8 heteroatoms. The zero-order valence-corrected chi connectivity index (χ0v) is 23.0. The van der Waals surface area contributed by atoms with Gasteiger partial charge in [-0.05, 0) is 48.4 Å². The number of benzene rings is 3. The number of amides is 1. The third-order valence-corrected chi connectivity index (χ3v) is 7.52. The SMILES string of the molecule is Cc1nc(N2CCN(Cc3ccccc3)CC2)nc2c1ccc(=O)n2-c1ccc(C(=O)NCc2ccccc2)cc1. The van der Waals surface area contributed by atoms with Gasteiger partial charge in [-0.3, -0.25) is 19.1 Å². The van der Waals surface area contributed by atoms with E-state index in [1.165, 1.54) is 5.56 Å². The number of carbonyl (C=O) groups is 1. The van der Waals surface area contributed by atoms with Crippen LogP contribution in [0.1, 0.15) is 27.2 Å². The number of fused-ring (bicyclic) bond motifs is 1. The highest BCUT2D eigenvalue weighted by molar-refractivity contribution is 5.94. The number of hydrogen-bond acceptors (Lipinski definition) is 6. The number of piperazine rings is 1. The van der Waals surface area contributed by atoms with Crippen molar-refractivity contribution in [1.29, 1.82) is 0 Å². The average Bonchev–Trinajstić information content (AvgIpc) is 3.01. The minimum Gasteiger partial charge on any atom is -0.348 e. The molecule has 1 aliphatic heterocycles. The quantitative estimate of drug-likeness (QED) is 0.328. The maximum Gasteiger partial charge on any atom is 0.256 e. The van der Waals surface area contributed by atoms with Crippen molar-refractivity contribution in [1.82, 2.24) is 24.8 Å². The summed E-state index contributed by atoms with van der Waals surface area (Å²) in [7, 11) is 0. The fraction of sp³-hybridized carbons (Fsp3) is 0.212. The van der Waals surface area contributed by atoms with E-state index in [1.54, 1.807) is 41.0 Å². The summed E-state index contributed by atoms with van der Waals surface area (Å²) in [5, 5.41) is 3.77. The number of pyridine rings is 1. The van der Waals surface area contributed by atoms with Gasteiger partial charge in [0.15, 0.2) is 5.65 Å². The molecule has 1 fully saturated rings. The van der Waals surface area contributed by atoms with E-state index in [2.05, 4.69) is 39.4 Å². The lowest BCUT2D eigenvalue weighted by Gasteiger charge is -2.35. The van der Waals surface area contributed by atoms with E-state index < -0.39 is 0 Å². The molecular weight excluding hydrogens is 512 g/mol. The summed E-state index contributed by atoms with van der Waals surface area (Å²) in [4.78, 5) is 40.2. The lowest BCUT2D eigenvalue weighted by Crippen LogP contribution is -2.46. The Bertz CT molecular complexity index is 1710. The molecule has 0 spiro atoms. The van der Waals surface area contributed by atoms with Crippen molar-refractivity contribution in [3.8, 4) is 5.69 Å². The Labute approximate surface area is 238 Å². The van der Waals surface area contributed by atoms with Gasteiger partial charge in [0.1, 0.15) is 0 Å². The van der Waals surface area contributed by atoms with Gasteiger partial charge in [-0.2, -0.15) is 4.98 Å². The molecule has 0 bridgehead atoms. The van der Waals surface area contributed by atoms with E-state index in [-0.39, 0.29) is 11.5 Å². The molecule has 2 aromatic heterocycles. The van der Waals surface area contributed by atoms with Gasteiger partial charge < -0.3 is 10.2 Å². The van der Waals surface area contributed by atoms with Gasteiger partial charge >= 0.3 is 0 Å². The number of nitrogens with one attached hydrogen (secondary N) is 1. The number of nitrogens with zero attached hydrogens (tertiary/aromatic N) is 5. The second-order valence-corrected chi connectivity index (χ2v) is 10.3. The molecule has 1 saturated heterocycles. The summed E-state index contributed by atoms with van der Waals surface area (Å²) in [6.45, 7) is 6.75. The van der Waals surface area contributed by atoms with E-state index in [9.17, 15) is 9.59 Å². The second kappa shape index (κ2) is 11.7. The second-order valence-electron chi connectivity index (χ2n) is 10.3. The van der Waals surface area contributed by atoms with Gasteiger partial charge in [-0.25, -0.2) is 4.98 Å². The minimum atomic E-state index is -0.185. The van der Waals surface area contributed by atoms with Crippen molar-refractivity contribution in [3.63, 3.8) is 0 Å². The Kier molecular flexibility index (Phi) is 7.56. The van der Waals surface area contributed by atoms with Crippen molar-refractivity contribution >= 4 is 22.9 Å². The van der Waals surface area contributed by atoms with Crippen molar-refractivity contribution in [2.45, 2.75) is 20.0 Å². The summed E-state index contributed by atoms with van der Waals surface area (Å²) >= 11 is 0. The molecule has 0 radical (unpaired) electrons. The third kappa shape index (κ3) is 5.88. The highest BCUT2D eigenvalue weighted by Crippen LogP contribution is 2.22. The summed E-state index contributed by atoms with van der Waals surface area (Å²) in [6, 6.07) is 30.7. The first kappa shape index (κ1) is 26.4. The van der Waals surface area contributed by atoms with Gasteiger partial charge in [0.25, 0.3) is 11.5 Å². The van der Waals surface area contributed by atoms with Gasteiger partial charge in [-0.1, -0.05) is 60.7 Å². The molecule has 0 saturated carbocycles. The largest absolute Gasteiger partial charge is 0.348 e. The van der Waals surface area contributed by atoms with Crippen LogP contribution in [-0.2, 0) is 13.1 Å². The Hall–Kier alpha value is -4.82. The van der Waals surface area contributed by atoms with Crippen LogP contribution >= 0.6 is 0 Å². The van der Waals surface area contributed by atoms with Crippen LogP contribution < -0.4 is 15.8 Å². The van der Waals surface area contributed by atoms with Crippen molar-refractivity contribution < 1.29 is 4.79 Å². The predicted octanol–water partition coefficient (Wildman–Crippen LogP) is 4.34. The molecule has 1 N–H and O–H groups in total. The molecule has 206 valence electrons. The number of carbonyl (C=O) groups excluding carboxylic acids is 1. The van der Waals surface area contributed by atoms with Crippen molar-refractivity contribution in [3.05, 3.63) is 130 Å². The molecule has 5 aromatic rings. The fourth-order valence-corrected chi connectivity index (χ4v) is 5.23. The number of aromatic nitrogens is 3. The first-order valence-corrected chi connectivity index (χ1v) is 13.9. The van der Waals surface area contributed by atoms with E-state index in [4.69, 9.17) is 9.97 Å². The predicted molar refractivity (Wildman–Crippen MR) is 161 cm³/mol. The topological polar surface area (TPSA) is 83.4 Å². The normalized spacial score (nSPS) is 13.8. The fourth-order valence-electron chi connectivity index (χ4n) is 5.23. The molecular formula is C33H32N6O2. The molecule has 6 rings (SSSR count). The number of rotatable bonds is 7. The molecule has 0 aliphatic carbocycles. The molecule has 3 heterocycles. The highest BCUT2D eigenvalue weighted by Gasteiger charge is 2.21. The first-order chi connectivity index (χ1) is 20.0. The smallest absolute Gasteiger partial charge is 0.256 e. The number of hydrogen-bond donors (Lipinski definition) is 1. The molecule has 0 unspecified atom stereocenters. The molecule has 41 heavy (non-hydrogen) atoms. The van der Waals surface area contributed by atoms with Crippen LogP contribution in [0.2, 0.25) is 0 Å². The lowest BCUT2D eigenvalue weighted by molar-refractivity contribution is 0.0951. The Morgan fingerprint density at radius 3 is 2.12 bits per heavy atom. The summed E-state index contributed by atoms with van der Waals surface area (Å²) in [5.41, 5.74) is 4.71. The monoisotopic (exact) mass is 544 g/mol. The maximum absolute atomic E-state index is 13.1. The zero-order valence-electron chi connectivity index (χ0n) is 23.0. The highest BCUT2D eigenvalue weighted by atomic mass is 16.1. The van der Waals surface area contributed by atoms with Crippen molar-refractivity contribution in [2.75, 3.05) is 31.1 Å². The van der Waals surface area contributed by atoms with Crippen LogP contribution in [0.25, 0.3) is 16.7 Å². The van der Waals surface area contributed by atoms with E-state index in [1.807, 2.05) is 43.3 Å². The van der Waals surface area contributed by atoms with E-state index >= 15 is 0 Å². The molecule has 1 amide bonds. The van der Waals surface area contributed by atoms with Gasteiger partial charge in [-0.15, -0.1) is 0 Å². The van der Waals surface area contributed by atoms with Gasteiger partial charge in [0.2, 0.25) is 5.95 Å². The molecule has 8 nitrogen and oxygen atoms in total. The molecule has 0 atom stereocenters. The van der Waals surface area contributed by atoms with Crippen LogP contribution in [0, 0.1) is 6.92 Å². The maximum atomic E-state index is 13.1. The summed E-state index contributed by atoms with van der Waals surface area (Å²) in [6.07, 6.45) is 0. The third-order valence-electron chi connectivity index (χ3n) is 7.52. The van der Waals surface area contributed by atoms with Crippen LogP contribution in [0.15, 0.2) is 102 Å². The van der Waals surface area contributed by atoms with Gasteiger partial charge in [0.05, 0.1) is 11.4 Å². The molecule has 3 aromatic carbocycles. The van der Waals surface area contributed by atoms with E-state index in [0.29, 0.717) is 29.4 Å². The number of aryl methyl sites for hydroxylation is 1. The lowest BCUT2D eigenvalue weighted by atomic mass is 10.1. The van der Waals surface area contributed by atoms with Crippen LogP contribution in [-0.4, -0.2) is 51.5 Å². The summed E-state index contributed by atoms with van der Waals surface area (Å²) in [5.74, 6) is 0.461. The Morgan fingerprint density at radius 2 is 1.44 bits per heavy atom. The van der Waals surface area contributed by atoms with Gasteiger partial charge in [0, 0.05) is 56.3 Å². The van der Waals surface area contributed by atoms with E-state index in [0.717, 1.165) is 49.4 Å². The van der Waals surface area contributed by atoms with Crippen LogP contribution in [0.3, 0.4) is 0 Å². The first-order valence-electron chi connectivity index (χ1n) is 13.9. The number of anilines is 1. The molecule has 1 aliphatic rings. The Balaban J connectivity index is 1.22. The zero-order chi connectivity index (χ0) is 28.2. The average molecular weight is 545 g/mol. The minimum absolute atomic E-state index is 0.169. The standard InChI is InChI=1S/C33H32N6O2/c1-24-29-16-17-30(40)39(28-14-12-27(13-15-28)32(41)34-22-25-8-4-2-5-9-25)31(29)36-33(35-24)38-20-18-37(19-21-38)23-26-10-6-3-7-11-26/h2-17H,18-23H2,1H3,(H,34,41). The Morgan fingerprint density at radius 1 is 0.780 bits per heavy atom.